The van der Waals surface area contributed by atoms with Crippen molar-refractivity contribution in [3.63, 3.8) is 0 Å². The van der Waals surface area contributed by atoms with Gasteiger partial charge in [0.15, 0.2) is 0 Å². The molecule has 0 unspecified atom stereocenters. The second-order valence-electron chi connectivity index (χ2n) is 9.47. The van der Waals surface area contributed by atoms with E-state index in [1.165, 1.54) is 0 Å². The fourth-order valence-corrected chi connectivity index (χ4v) is 5.11. The van der Waals surface area contributed by atoms with E-state index < -0.39 is 0 Å². The van der Waals surface area contributed by atoms with Crippen molar-refractivity contribution in [2.75, 3.05) is 33.3 Å². The maximum absolute atomic E-state index is 13.8. The molecule has 0 aliphatic carbocycles. The highest BCUT2D eigenvalue weighted by molar-refractivity contribution is 6.30. The molecule has 5 rings (SSSR count). The van der Waals surface area contributed by atoms with Crippen molar-refractivity contribution in [3.8, 4) is 22.7 Å². The summed E-state index contributed by atoms with van der Waals surface area (Å²) in [5.41, 5.74) is 6.22. The van der Waals surface area contributed by atoms with Crippen molar-refractivity contribution >= 4 is 23.4 Å². The maximum atomic E-state index is 13.8. The van der Waals surface area contributed by atoms with E-state index in [1.807, 2.05) is 54.3 Å². The van der Waals surface area contributed by atoms with Crippen LogP contribution in [0.2, 0.25) is 5.02 Å². The fourth-order valence-electron chi connectivity index (χ4n) is 4.98. The lowest BCUT2D eigenvalue weighted by atomic mass is 10.1. The number of rotatable bonds is 5. The second kappa shape index (κ2) is 10.8. The minimum Gasteiger partial charge on any atom is -0.497 e. The Balaban J connectivity index is 1.40. The van der Waals surface area contributed by atoms with Crippen LogP contribution in [0.5, 0.6) is 5.75 Å². The van der Waals surface area contributed by atoms with E-state index in [1.54, 1.807) is 36.3 Å². The van der Waals surface area contributed by atoms with E-state index >= 15 is 0 Å². The van der Waals surface area contributed by atoms with Crippen molar-refractivity contribution in [2.24, 2.45) is 0 Å². The van der Waals surface area contributed by atoms with Crippen LogP contribution in [0.1, 0.15) is 32.0 Å². The van der Waals surface area contributed by atoms with Crippen molar-refractivity contribution in [1.29, 1.82) is 0 Å². The summed E-state index contributed by atoms with van der Waals surface area (Å²) >= 11 is 6.16. The second-order valence-corrected chi connectivity index (χ2v) is 9.91. The van der Waals surface area contributed by atoms with E-state index in [2.05, 4.69) is 23.6 Å². The largest absolute Gasteiger partial charge is 0.497 e. The van der Waals surface area contributed by atoms with Crippen LogP contribution in [0.4, 0.5) is 0 Å². The highest BCUT2D eigenvalue weighted by atomic mass is 35.5. The van der Waals surface area contributed by atoms with Gasteiger partial charge in [-0.05, 0) is 73.5 Å². The number of hydrogen-bond acceptors (Lipinski definition) is 3. The fraction of sp³-hybridized carbons (Fsp3) is 0.226. The number of carbonyl (C=O) groups is 2. The average Bonchev–Trinajstić information content (AvgIpc) is 3.29. The Morgan fingerprint density at radius 1 is 0.789 bits per heavy atom. The van der Waals surface area contributed by atoms with Crippen LogP contribution >= 0.6 is 11.6 Å². The first-order valence-corrected chi connectivity index (χ1v) is 13.0. The minimum atomic E-state index is -0.0355. The molecule has 1 aromatic heterocycles. The van der Waals surface area contributed by atoms with Gasteiger partial charge in [0.1, 0.15) is 5.75 Å². The molecule has 0 bridgehead atoms. The van der Waals surface area contributed by atoms with Gasteiger partial charge < -0.3 is 19.1 Å². The van der Waals surface area contributed by atoms with Crippen LogP contribution in [-0.2, 0) is 0 Å². The molecule has 4 aromatic rings. The zero-order valence-corrected chi connectivity index (χ0v) is 22.5. The number of carbonyl (C=O) groups excluding carboxylic acids is 2. The van der Waals surface area contributed by atoms with E-state index in [4.69, 9.17) is 16.3 Å². The number of benzene rings is 3. The Morgan fingerprint density at radius 2 is 1.39 bits per heavy atom. The van der Waals surface area contributed by atoms with Gasteiger partial charge >= 0.3 is 0 Å². The van der Waals surface area contributed by atoms with E-state index in [0.29, 0.717) is 48.1 Å². The number of nitrogens with zero attached hydrogens (tertiary/aromatic N) is 3. The monoisotopic (exact) mass is 527 g/mol. The number of piperazine rings is 1. The van der Waals surface area contributed by atoms with Crippen LogP contribution in [0.25, 0.3) is 16.9 Å². The number of methoxy groups -OCH3 is 1. The van der Waals surface area contributed by atoms with Crippen LogP contribution in [0.3, 0.4) is 0 Å². The van der Waals surface area contributed by atoms with Gasteiger partial charge in [0.25, 0.3) is 11.8 Å². The predicted molar refractivity (Wildman–Crippen MR) is 150 cm³/mol. The third-order valence-corrected chi connectivity index (χ3v) is 7.42. The van der Waals surface area contributed by atoms with Gasteiger partial charge in [-0.1, -0.05) is 41.9 Å². The van der Waals surface area contributed by atoms with E-state index in [-0.39, 0.29) is 11.8 Å². The van der Waals surface area contributed by atoms with Crippen LogP contribution < -0.4 is 4.74 Å². The Bertz CT molecular complexity index is 1470. The minimum absolute atomic E-state index is 0.0263. The van der Waals surface area contributed by atoms with Crippen LogP contribution in [-0.4, -0.2) is 59.5 Å². The molecule has 1 aliphatic rings. The summed E-state index contributed by atoms with van der Waals surface area (Å²) in [5, 5.41) is 0.665. The summed E-state index contributed by atoms with van der Waals surface area (Å²) < 4.78 is 7.34. The molecule has 6 nitrogen and oxygen atoms in total. The van der Waals surface area contributed by atoms with Crippen molar-refractivity contribution < 1.29 is 14.3 Å². The van der Waals surface area contributed by atoms with Gasteiger partial charge in [0, 0.05) is 48.1 Å². The molecule has 1 fully saturated rings. The third kappa shape index (κ3) is 4.92. The topological polar surface area (TPSA) is 54.8 Å². The molecule has 0 spiro atoms. The summed E-state index contributed by atoms with van der Waals surface area (Å²) in [4.78, 5) is 30.4. The third-order valence-electron chi connectivity index (χ3n) is 7.16. The van der Waals surface area contributed by atoms with Gasteiger partial charge in [-0.25, -0.2) is 0 Å². The lowest BCUT2D eigenvalue weighted by Gasteiger charge is -2.35. The van der Waals surface area contributed by atoms with Crippen LogP contribution in [0, 0.1) is 13.8 Å². The number of halogens is 1. The number of para-hydroxylation sites is 1. The molecular weight excluding hydrogens is 498 g/mol. The molecule has 194 valence electrons. The SMILES string of the molecule is COc1ccc(C(=O)N2CCN(C(=O)c3cc(-c4ccc(Cl)cc4)n(-c4ccccc4C)c3C)CC2)cc1. The maximum Gasteiger partial charge on any atom is 0.255 e. The summed E-state index contributed by atoms with van der Waals surface area (Å²) in [6.07, 6.45) is 0. The van der Waals surface area contributed by atoms with Gasteiger partial charge in [0.05, 0.1) is 18.4 Å². The quantitative estimate of drug-likeness (QED) is 0.319. The molecule has 38 heavy (non-hydrogen) atoms. The van der Waals surface area contributed by atoms with Gasteiger partial charge in [-0.15, -0.1) is 0 Å². The van der Waals surface area contributed by atoms with Crippen LogP contribution in [0.15, 0.2) is 78.9 Å². The van der Waals surface area contributed by atoms with Gasteiger partial charge in [-0.3, -0.25) is 9.59 Å². The number of aromatic nitrogens is 1. The molecule has 2 amide bonds. The van der Waals surface area contributed by atoms with Gasteiger partial charge in [0.2, 0.25) is 0 Å². The highest BCUT2D eigenvalue weighted by Gasteiger charge is 2.28. The molecule has 0 atom stereocenters. The molecule has 7 heteroatoms. The molecule has 0 radical (unpaired) electrons. The smallest absolute Gasteiger partial charge is 0.255 e. The standard InChI is InChI=1S/C31H30ClN3O3/c1-21-6-4-5-7-28(21)35-22(2)27(20-29(35)23-8-12-25(32)13-9-23)31(37)34-18-16-33(17-19-34)30(36)24-10-14-26(38-3)15-11-24/h4-15,20H,16-19H2,1-3H3. The Morgan fingerprint density at radius 3 is 2.00 bits per heavy atom. The summed E-state index contributed by atoms with van der Waals surface area (Å²) in [6.45, 7) is 5.98. The first-order valence-electron chi connectivity index (χ1n) is 12.6. The molecule has 3 aromatic carbocycles. The van der Waals surface area contributed by atoms with Crippen molar-refractivity contribution in [1.82, 2.24) is 14.4 Å². The average molecular weight is 528 g/mol. The number of aryl methyl sites for hydroxylation is 1. The summed E-state index contributed by atoms with van der Waals surface area (Å²) in [7, 11) is 1.60. The predicted octanol–water partition coefficient (Wildman–Crippen LogP) is 6.02. The van der Waals surface area contributed by atoms with Crippen molar-refractivity contribution in [3.05, 3.63) is 106 Å². The van der Waals surface area contributed by atoms with Gasteiger partial charge in [-0.2, -0.15) is 0 Å². The first kappa shape index (κ1) is 25.6. The Labute approximate surface area is 228 Å². The van der Waals surface area contributed by atoms with E-state index in [0.717, 1.165) is 28.2 Å². The number of ether oxygens (including phenoxy) is 1. The highest BCUT2D eigenvalue weighted by Crippen LogP contribution is 2.32. The lowest BCUT2D eigenvalue weighted by Crippen LogP contribution is -2.50. The molecular formula is C31H30ClN3O3. The zero-order chi connectivity index (χ0) is 26.8. The lowest BCUT2D eigenvalue weighted by molar-refractivity contribution is 0.0535. The summed E-state index contributed by atoms with van der Waals surface area (Å²) in [6, 6.07) is 24.9. The molecule has 0 N–H and O–H groups in total. The molecule has 0 saturated carbocycles. The zero-order valence-electron chi connectivity index (χ0n) is 21.8. The normalized spacial score (nSPS) is 13.5. The Hall–Kier alpha value is -4.03. The summed E-state index contributed by atoms with van der Waals surface area (Å²) in [5.74, 6) is 0.649. The molecule has 1 saturated heterocycles. The number of amides is 2. The molecule has 2 heterocycles. The first-order chi connectivity index (χ1) is 18.4. The molecule has 1 aliphatic heterocycles. The van der Waals surface area contributed by atoms with Crippen molar-refractivity contribution in [2.45, 2.75) is 13.8 Å². The Kier molecular flexibility index (Phi) is 7.25. The number of hydrogen-bond donors (Lipinski definition) is 0. The van der Waals surface area contributed by atoms with E-state index in [9.17, 15) is 9.59 Å².